The number of carbonyl (C=O) groups is 1. The number of benzene rings is 1. The monoisotopic (exact) mass is 403 g/mol. The molecule has 1 aromatic rings. The van der Waals surface area contributed by atoms with Crippen LogP contribution >= 0.6 is 0 Å². The van der Waals surface area contributed by atoms with Gasteiger partial charge in [0.25, 0.3) is 0 Å². The summed E-state index contributed by atoms with van der Waals surface area (Å²) in [6.07, 6.45) is 7.19. The lowest BCUT2D eigenvalue weighted by molar-refractivity contribution is -0.960. The predicted molar refractivity (Wildman–Crippen MR) is 117 cm³/mol. The molecule has 0 aliphatic heterocycles. The van der Waals surface area contributed by atoms with Crippen LogP contribution in [0.4, 0.5) is 0 Å². The Morgan fingerprint density at radius 2 is 1.76 bits per heavy atom. The number of carbonyl (C=O) groups excluding carboxylic acids is 1. The average Bonchev–Trinajstić information content (AvgIpc) is 2.69. The Kier molecular flexibility index (Phi) is 8.57. The second kappa shape index (κ2) is 10.5. The van der Waals surface area contributed by atoms with E-state index in [1.807, 2.05) is 6.07 Å². The molecule has 0 N–H and O–H groups in total. The van der Waals surface area contributed by atoms with Gasteiger partial charge in [0.05, 0.1) is 25.7 Å². The SMILES string of the molecule is COC(=O)C[N+](CCC(c1cc(C)ccc1[O-])C1CCCCC1)(C(C)C)C(C)C. The number of esters is 1. The molecule has 0 spiro atoms. The molecular formula is C25H41NO3. The third-order valence-electron chi connectivity index (χ3n) is 7.35. The van der Waals surface area contributed by atoms with Crippen molar-refractivity contribution in [2.45, 2.75) is 91.1 Å². The van der Waals surface area contributed by atoms with E-state index in [1.54, 1.807) is 6.07 Å². The van der Waals surface area contributed by atoms with E-state index in [0.29, 0.717) is 29.0 Å². The zero-order chi connectivity index (χ0) is 21.6. The van der Waals surface area contributed by atoms with Gasteiger partial charge >= 0.3 is 5.97 Å². The van der Waals surface area contributed by atoms with Gasteiger partial charge in [0, 0.05) is 6.42 Å². The lowest BCUT2D eigenvalue weighted by Gasteiger charge is -2.46. The Morgan fingerprint density at radius 3 is 2.31 bits per heavy atom. The Balaban J connectivity index is 2.35. The molecule has 0 amide bonds. The highest BCUT2D eigenvalue weighted by Crippen LogP contribution is 2.42. The molecule has 29 heavy (non-hydrogen) atoms. The molecule has 0 bridgehead atoms. The Labute approximate surface area is 177 Å². The first-order valence-electron chi connectivity index (χ1n) is 11.4. The van der Waals surface area contributed by atoms with Crippen molar-refractivity contribution >= 4 is 5.97 Å². The molecule has 1 unspecified atom stereocenters. The van der Waals surface area contributed by atoms with E-state index in [9.17, 15) is 9.90 Å². The van der Waals surface area contributed by atoms with Crippen LogP contribution in [-0.2, 0) is 9.53 Å². The fourth-order valence-corrected chi connectivity index (χ4v) is 5.38. The summed E-state index contributed by atoms with van der Waals surface area (Å²) in [5.41, 5.74) is 2.14. The fraction of sp³-hybridized carbons (Fsp3) is 0.720. The lowest BCUT2D eigenvalue weighted by Crippen LogP contribution is -2.60. The van der Waals surface area contributed by atoms with Crippen molar-refractivity contribution in [2.24, 2.45) is 5.92 Å². The van der Waals surface area contributed by atoms with Crippen LogP contribution in [0.1, 0.15) is 83.3 Å². The maximum atomic E-state index is 12.8. The molecule has 1 aromatic carbocycles. The molecule has 1 atom stereocenters. The van der Waals surface area contributed by atoms with Gasteiger partial charge < -0.3 is 14.3 Å². The molecule has 0 heterocycles. The number of hydrogen-bond donors (Lipinski definition) is 0. The van der Waals surface area contributed by atoms with Crippen molar-refractivity contribution in [1.82, 2.24) is 0 Å². The highest BCUT2D eigenvalue weighted by molar-refractivity contribution is 5.70. The van der Waals surface area contributed by atoms with Gasteiger partial charge in [-0.3, -0.25) is 0 Å². The van der Waals surface area contributed by atoms with E-state index >= 15 is 0 Å². The quantitative estimate of drug-likeness (QED) is 0.434. The van der Waals surface area contributed by atoms with Crippen molar-refractivity contribution in [3.05, 3.63) is 29.3 Å². The van der Waals surface area contributed by atoms with Gasteiger partial charge in [0.15, 0.2) is 6.54 Å². The van der Waals surface area contributed by atoms with Crippen molar-refractivity contribution in [1.29, 1.82) is 0 Å². The first-order chi connectivity index (χ1) is 13.7. The van der Waals surface area contributed by atoms with Gasteiger partial charge in [-0.05, 0) is 59.3 Å². The van der Waals surface area contributed by atoms with Gasteiger partial charge in [-0.25, -0.2) is 4.79 Å². The van der Waals surface area contributed by atoms with E-state index in [0.717, 1.165) is 24.1 Å². The highest BCUT2D eigenvalue weighted by Gasteiger charge is 2.39. The van der Waals surface area contributed by atoms with Gasteiger partial charge in [-0.1, -0.05) is 48.6 Å². The van der Waals surface area contributed by atoms with Gasteiger partial charge in [-0.2, -0.15) is 0 Å². The van der Waals surface area contributed by atoms with Crippen molar-refractivity contribution in [2.75, 3.05) is 20.2 Å². The number of ether oxygens (including phenoxy) is 1. The summed E-state index contributed by atoms with van der Waals surface area (Å²) in [6, 6.07) is 6.39. The Bertz CT molecular complexity index is 654. The third kappa shape index (κ3) is 5.75. The molecule has 1 aliphatic rings. The second-order valence-electron chi connectivity index (χ2n) is 9.58. The summed E-state index contributed by atoms with van der Waals surface area (Å²) in [5, 5.41) is 12.8. The number of aryl methyl sites for hydroxylation is 1. The van der Waals surface area contributed by atoms with E-state index in [-0.39, 0.29) is 17.6 Å². The molecule has 4 nitrogen and oxygen atoms in total. The molecular weight excluding hydrogens is 362 g/mol. The van der Waals surface area contributed by atoms with Crippen LogP contribution < -0.4 is 5.11 Å². The van der Waals surface area contributed by atoms with Crippen LogP contribution in [0.25, 0.3) is 0 Å². The number of rotatable bonds is 9. The maximum absolute atomic E-state index is 12.8. The van der Waals surface area contributed by atoms with Crippen LogP contribution in [-0.4, -0.2) is 42.7 Å². The van der Waals surface area contributed by atoms with Gasteiger partial charge in [0.1, 0.15) is 0 Å². The van der Waals surface area contributed by atoms with Crippen LogP contribution in [0.3, 0.4) is 0 Å². The van der Waals surface area contributed by atoms with Gasteiger partial charge in [-0.15, -0.1) is 5.75 Å². The molecule has 0 radical (unpaired) electrons. The summed E-state index contributed by atoms with van der Waals surface area (Å²) in [7, 11) is 1.47. The number of nitrogens with zero attached hydrogens (tertiary/aromatic N) is 1. The van der Waals surface area contributed by atoms with Crippen LogP contribution in [0.5, 0.6) is 5.75 Å². The number of hydrogen-bond acceptors (Lipinski definition) is 3. The minimum atomic E-state index is -0.151. The number of quaternary nitrogens is 1. The van der Waals surface area contributed by atoms with Gasteiger partial charge in [0.2, 0.25) is 0 Å². The molecule has 1 fully saturated rings. The molecule has 2 rings (SSSR count). The Morgan fingerprint density at radius 1 is 1.14 bits per heavy atom. The highest BCUT2D eigenvalue weighted by atomic mass is 16.5. The van der Waals surface area contributed by atoms with E-state index in [4.69, 9.17) is 4.74 Å². The van der Waals surface area contributed by atoms with Crippen molar-refractivity contribution in [3.63, 3.8) is 0 Å². The smallest absolute Gasteiger partial charge is 0.361 e. The zero-order valence-electron chi connectivity index (χ0n) is 19.4. The second-order valence-corrected chi connectivity index (χ2v) is 9.58. The zero-order valence-corrected chi connectivity index (χ0v) is 19.4. The normalized spacial score (nSPS) is 17.0. The largest absolute Gasteiger partial charge is 0.872 e. The van der Waals surface area contributed by atoms with Crippen LogP contribution in [0, 0.1) is 12.8 Å². The van der Waals surface area contributed by atoms with Crippen molar-refractivity contribution in [3.8, 4) is 5.75 Å². The maximum Gasteiger partial charge on any atom is 0.361 e. The lowest BCUT2D eigenvalue weighted by atomic mass is 9.74. The molecule has 1 saturated carbocycles. The van der Waals surface area contributed by atoms with E-state index in [1.165, 1.54) is 39.2 Å². The number of methoxy groups -OCH3 is 1. The summed E-state index contributed by atoms with van der Waals surface area (Å²) in [6.45, 7) is 12.1. The average molecular weight is 404 g/mol. The fourth-order valence-electron chi connectivity index (χ4n) is 5.38. The topological polar surface area (TPSA) is 49.4 Å². The van der Waals surface area contributed by atoms with E-state index < -0.39 is 0 Å². The standard InChI is InChI=1S/C25H41NO3/c1-18(2)26(19(3)4,17-25(28)29-6)15-14-22(21-10-8-7-9-11-21)23-16-20(5)12-13-24(23)27/h12-13,16,18-19,21-22H,7-11,14-15,17H2,1-6H3. The van der Waals surface area contributed by atoms with E-state index in [2.05, 4.69) is 40.7 Å². The first kappa shape index (κ1) is 23.7. The van der Waals surface area contributed by atoms with Crippen LogP contribution in [0.15, 0.2) is 18.2 Å². The molecule has 1 aliphatic carbocycles. The molecule has 0 saturated heterocycles. The van der Waals surface area contributed by atoms with Crippen molar-refractivity contribution < 1.29 is 19.1 Å². The predicted octanol–water partition coefficient (Wildman–Crippen LogP) is 4.93. The summed E-state index contributed by atoms with van der Waals surface area (Å²) in [4.78, 5) is 12.3. The summed E-state index contributed by atoms with van der Waals surface area (Å²) in [5.74, 6) is 0.862. The first-order valence-corrected chi connectivity index (χ1v) is 11.4. The third-order valence-corrected chi connectivity index (χ3v) is 7.35. The minimum Gasteiger partial charge on any atom is -0.872 e. The van der Waals surface area contributed by atoms with Crippen LogP contribution in [0.2, 0.25) is 0 Å². The molecule has 0 aromatic heterocycles. The molecule has 4 heteroatoms. The summed E-state index contributed by atoms with van der Waals surface area (Å²) >= 11 is 0. The molecule has 164 valence electrons. The Hall–Kier alpha value is -1.55. The summed E-state index contributed by atoms with van der Waals surface area (Å²) < 4.78 is 5.75. The minimum absolute atomic E-state index is 0.151.